The molecule has 1 aliphatic carbocycles. The molecule has 0 fully saturated rings. The van der Waals surface area contributed by atoms with Gasteiger partial charge in [0.25, 0.3) is 0 Å². The van der Waals surface area contributed by atoms with Gasteiger partial charge in [0.05, 0.1) is 13.0 Å². The summed E-state index contributed by atoms with van der Waals surface area (Å²) >= 11 is 0. The van der Waals surface area contributed by atoms with Crippen LogP contribution < -0.4 is 5.48 Å². The molecule has 0 amide bonds. The lowest BCUT2D eigenvalue weighted by Crippen LogP contribution is -2.19. The molecule has 5 heteroatoms. The van der Waals surface area contributed by atoms with Crippen molar-refractivity contribution >= 4 is 11.8 Å². The van der Waals surface area contributed by atoms with E-state index in [0.29, 0.717) is 5.56 Å². The van der Waals surface area contributed by atoms with E-state index in [-0.39, 0.29) is 17.7 Å². The highest BCUT2D eigenvalue weighted by molar-refractivity contribution is 5.96. The topological polar surface area (TPSA) is 82.4 Å². The summed E-state index contributed by atoms with van der Waals surface area (Å²) in [5, 5.41) is 16.1. The summed E-state index contributed by atoms with van der Waals surface area (Å²) in [4.78, 5) is 11.5. The third kappa shape index (κ3) is 2.01. The highest BCUT2D eigenvalue weighted by Gasteiger charge is 2.29. The maximum absolute atomic E-state index is 11.5. The van der Waals surface area contributed by atoms with Crippen molar-refractivity contribution in [2.45, 2.75) is 18.8 Å². The minimum Gasteiger partial charge on any atom is -0.469 e. The third-order valence-corrected chi connectivity index (χ3v) is 3.11. The van der Waals surface area contributed by atoms with Crippen molar-refractivity contribution in [1.82, 2.24) is 5.48 Å². The summed E-state index contributed by atoms with van der Waals surface area (Å²) in [5.41, 5.74) is 4.42. The average molecular weight is 234 g/mol. The Morgan fingerprint density at radius 1 is 1.59 bits per heavy atom. The number of ether oxygens (including phenoxy) is 1. The Bertz CT molecular complexity index is 471. The molecule has 0 radical (unpaired) electrons. The van der Waals surface area contributed by atoms with Gasteiger partial charge < -0.3 is 4.74 Å². The molecule has 1 aliphatic rings. The lowest BCUT2D eigenvalue weighted by molar-refractivity contribution is -0.142. The van der Waals surface area contributed by atoms with Gasteiger partial charge in [0, 0.05) is 5.56 Å². The lowest BCUT2D eigenvalue weighted by Gasteiger charge is -2.09. The largest absolute Gasteiger partial charge is 0.469 e. The fourth-order valence-corrected chi connectivity index (χ4v) is 2.22. The van der Waals surface area contributed by atoms with Crippen molar-refractivity contribution in [2.75, 3.05) is 7.11 Å². The van der Waals surface area contributed by atoms with Gasteiger partial charge in [-0.3, -0.25) is 20.9 Å². The van der Waals surface area contributed by atoms with Crippen LogP contribution in [-0.2, 0) is 16.0 Å². The maximum atomic E-state index is 11.5. The molecular formula is C12H14N2O3. The minimum atomic E-state index is -0.216. The summed E-state index contributed by atoms with van der Waals surface area (Å²) < 4.78 is 4.76. The van der Waals surface area contributed by atoms with Gasteiger partial charge in [-0.25, -0.2) is 0 Å². The van der Waals surface area contributed by atoms with Crippen LogP contribution in [0.4, 0.5) is 0 Å². The number of amidine groups is 1. The van der Waals surface area contributed by atoms with Crippen molar-refractivity contribution in [3.63, 3.8) is 0 Å². The maximum Gasteiger partial charge on any atom is 0.313 e. The molecule has 5 nitrogen and oxygen atoms in total. The average Bonchev–Trinajstić information content (AvgIpc) is 2.79. The molecule has 3 N–H and O–H groups in total. The SMILES string of the molecule is COC(=O)C1CCc2cc(C(=N)NO)ccc21. The Labute approximate surface area is 98.9 Å². The van der Waals surface area contributed by atoms with Gasteiger partial charge in [0.15, 0.2) is 0 Å². The molecule has 2 rings (SSSR count). The second kappa shape index (κ2) is 4.55. The van der Waals surface area contributed by atoms with Crippen molar-refractivity contribution < 1.29 is 14.7 Å². The number of aryl methyl sites for hydroxylation is 1. The first kappa shape index (κ1) is 11.6. The number of hydrogen-bond acceptors (Lipinski definition) is 4. The van der Waals surface area contributed by atoms with Crippen LogP contribution in [0.1, 0.15) is 29.0 Å². The van der Waals surface area contributed by atoms with E-state index >= 15 is 0 Å². The molecule has 1 unspecified atom stereocenters. The summed E-state index contributed by atoms with van der Waals surface area (Å²) in [7, 11) is 1.39. The Balaban J connectivity index is 2.32. The number of carbonyl (C=O) groups is 1. The smallest absolute Gasteiger partial charge is 0.313 e. The van der Waals surface area contributed by atoms with Crippen LogP contribution in [0.3, 0.4) is 0 Å². The lowest BCUT2D eigenvalue weighted by atomic mass is 10.00. The van der Waals surface area contributed by atoms with Crippen molar-refractivity contribution in [3.8, 4) is 0 Å². The van der Waals surface area contributed by atoms with Gasteiger partial charge in [-0.05, 0) is 30.0 Å². The van der Waals surface area contributed by atoms with Gasteiger partial charge in [0.1, 0.15) is 5.84 Å². The van der Waals surface area contributed by atoms with E-state index in [1.807, 2.05) is 17.6 Å². The number of esters is 1. The number of hydroxylamine groups is 1. The molecule has 0 spiro atoms. The molecule has 1 aromatic rings. The van der Waals surface area contributed by atoms with Crippen molar-refractivity contribution in [2.24, 2.45) is 0 Å². The van der Waals surface area contributed by atoms with Crippen molar-refractivity contribution in [1.29, 1.82) is 5.41 Å². The predicted octanol–water partition coefficient (Wildman–Crippen LogP) is 1.19. The second-order valence-electron chi connectivity index (χ2n) is 4.01. The van der Waals surface area contributed by atoms with E-state index in [0.717, 1.165) is 24.0 Å². The zero-order valence-electron chi connectivity index (χ0n) is 9.49. The Hall–Kier alpha value is -1.88. The second-order valence-corrected chi connectivity index (χ2v) is 4.01. The Morgan fingerprint density at radius 3 is 3.00 bits per heavy atom. The van der Waals surface area contributed by atoms with Gasteiger partial charge in [-0.1, -0.05) is 12.1 Å². The van der Waals surface area contributed by atoms with Crippen LogP contribution in [0, 0.1) is 5.41 Å². The van der Waals surface area contributed by atoms with E-state index < -0.39 is 0 Å². The fourth-order valence-electron chi connectivity index (χ4n) is 2.22. The van der Waals surface area contributed by atoms with Crippen LogP contribution >= 0.6 is 0 Å². The van der Waals surface area contributed by atoms with E-state index in [9.17, 15) is 4.79 Å². The van der Waals surface area contributed by atoms with Crippen LogP contribution in [0.15, 0.2) is 18.2 Å². The standard InChI is InChI=1S/C12H14N2O3/c1-17-12(15)10-5-2-7-6-8(11(13)14-16)3-4-9(7)10/h3-4,6,10,16H,2,5H2,1H3,(H2,13,14). The third-order valence-electron chi connectivity index (χ3n) is 3.11. The number of hydrogen-bond donors (Lipinski definition) is 3. The van der Waals surface area contributed by atoms with E-state index in [1.165, 1.54) is 7.11 Å². The first-order valence-corrected chi connectivity index (χ1v) is 5.37. The van der Waals surface area contributed by atoms with E-state index in [1.54, 1.807) is 6.07 Å². The number of benzene rings is 1. The molecule has 0 bridgehead atoms. The molecule has 0 aromatic heterocycles. The van der Waals surface area contributed by atoms with Crippen molar-refractivity contribution in [3.05, 3.63) is 34.9 Å². The van der Waals surface area contributed by atoms with Crippen LogP contribution in [0.2, 0.25) is 0 Å². The van der Waals surface area contributed by atoms with E-state index in [2.05, 4.69) is 0 Å². The Morgan fingerprint density at radius 2 is 2.35 bits per heavy atom. The predicted molar refractivity (Wildman–Crippen MR) is 61.3 cm³/mol. The summed E-state index contributed by atoms with van der Waals surface area (Å²) in [6, 6.07) is 5.36. The molecule has 0 aliphatic heterocycles. The molecule has 0 saturated carbocycles. The van der Waals surface area contributed by atoms with Gasteiger partial charge in [-0.2, -0.15) is 0 Å². The number of fused-ring (bicyclic) bond motifs is 1. The molecule has 17 heavy (non-hydrogen) atoms. The molecule has 0 saturated heterocycles. The number of methoxy groups -OCH3 is 1. The number of rotatable bonds is 2. The normalized spacial score (nSPS) is 17.4. The van der Waals surface area contributed by atoms with E-state index in [4.69, 9.17) is 15.4 Å². The molecule has 0 heterocycles. The molecule has 90 valence electrons. The summed E-state index contributed by atoms with van der Waals surface area (Å²) in [6.07, 6.45) is 1.53. The number of carbonyl (C=O) groups excluding carboxylic acids is 1. The number of nitrogens with one attached hydrogen (secondary N) is 2. The molecule has 1 atom stereocenters. The van der Waals surface area contributed by atoms with Gasteiger partial charge in [0.2, 0.25) is 0 Å². The van der Waals surface area contributed by atoms with Crippen LogP contribution in [0.5, 0.6) is 0 Å². The highest BCUT2D eigenvalue weighted by atomic mass is 16.5. The van der Waals surface area contributed by atoms with Gasteiger partial charge >= 0.3 is 5.97 Å². The zero-order chi connectivity index (χ0) is 12.4. The monoisotopic (exact) mass is 234 g/mol. The molecular weight excluding hydrogens is 220 g/mol. The van der Waals surface area contributed by atoms with Crippen LogP contribution in [0.25, 0.3) is 0 Å². The van der Waals surface area contributed by atoms with Crippen LogP contribution in [-0.4, -0.2) is 24.1 Å². The quantitative estimate of drug-likeness (QED) is 0.311. The summed E-state index contributed by atoms with van der Waals surface area (Å²) in [6.45, 7) is 0. The summed E-state index contributed by atoms with van der Waals surface area (Å²) in [5.74, 6) is -0.457. The zero-order valence-corrected chi connectivity index (χ0v) is 9.49. The first-order chi connectivity index (χ1) is 8.17. The fraction of sp³-hybridized carbons (Fsp3) is 0.333. The first-order valence-electron chi connectivity index (χ1n) is 5.37. The highest BCUT2D eigenvalue weighted by Crippen LogP contribution is 2.34. The minimum absolute atomic E-state index is 0.0469. The Kier molecular flexibility index (Phi) is 3.10. The van der Waals surface area contributed by atoms with Gasteiger partial charge in [-0.15, -0.1) is 0 Å². The molecule has 1 aromatic carbocycles.